The van der Waals surface area contributed by atoms with Crippen molar-refractivity contribution in [3.8, 4) is 11.8 Å². The van der Waals surface area contributed by atoms with Crippen LogP contribution in [-0.4, -0.2) is 12.0 Å². The van der Waals surface area contributed by atoms with E-state index in [1.165, 1.54) is 0 Å². The van der Waals surface area contributed by atoms with Gasteiger partial charge in [-0.2, -0.15) is 5.26 Å². The average molecular weight is 294 g/mol. The van der Waals surface area contributed by atoms with Gasteiger partial charge in [0.1, 0.15) is 11.8 Å². The van der Waals surface area contributed by atoms with E-state index in [-0.39, 0.29) is 5.91 Å². The number of amides is 1. The van der Waals surface area contributed by atoms with Gasteiger partial charge < -0.3 is 10.1 Å². The van der Waals surface area contributed by atoms with E-state index in [0.717, 1.165) is 16.9 Å². The number of carbonyl (C=O) groups excluding carboxylic acids is 1. The molecular weight excluding hydrogens is 276 g/mol. The lowest BCUT2D eigenvalue weighted by molar-refractivity contribution is -0.122. The normalized spacial score (nSPS) is 11.4. The number of hydrogen-bond donors (Lipinski definition) is 1. The van der Waals surface area contributed by atoms with Crippen LogP contribution in [0.4, 0.5) is 5.69 Å². The van der Waals surface area contributed by atoms with Gasteiger partial charge >= 0.3 is 0 Å². The van der Waals surface area contributed by atoms with Crippen molar-refractivity contribution in [2.45, 2.75) is 26.9 Å². The lowest BCUT2D eigenvalue weighted by Crippen LogP contribution is -2.30. The summed E-state index contributed by atoms with van der Waals surface area (Å²) in [5.74, 6) is 0.434. The first-order valence-corrected chi connectivity index (χ1v) is 7.05. The Bertz CT molecular complexity index is 712. The van der Waals surface area contributed by atoms with E-state index in [1.807, 2.05) is 32.0 Å². The van der Waals surface area contributed by atoms with E-state index in [0.29, 0.717) is 11.3 Å². The highest BCUT2D eigenvalue weighted by molar-refractivity contribution is 5.95. The summed E-state index contributed by atoms with van der Waals surface area (Å²) in [5, 5.41) is 11.8. The molecule has 4 nitrogen and oxygen atoms in total. The Kier molecular flexibility index (Phi) is 4.80. The molecule has 2 rings (SSSR count). The standard InChI is InChI=1S/C18H18N2O2/c1-12-7-6-8-13(2)17(12)22-14(3)18(21)20-16-10-5-4-9-15(16)11-19/h4-10,14H,1-3H3,(H,20,21)/t14-/m1/s1. The number of nitrogens with zero attached hydrogens (tertiary/aromatic N) is 1. The topological polar surface area (TPSA) is 62.1 Å². The van der Waals surface area contributed by atoms with Crippen LogP contribution in [0.15, 0.2) is 42.5 Å². The van der Waals surface area contributed by atoms with Gasteiger partial charge in [-0.25, -0.2) is 0 Å². The Morgan fingerprint density at radius 2 is 1.77 bits per heavy atom. The molecule has 2 aromatic rings. The van der Waals surface area contributed by atoms with Gasteiger partial charge in [-0.05, 0) is 44.0 Å². The van der Waals surface area contributed by atoms with Crippen molar-refractivity contribution in [2.24, 2.45) is 0 Å². The zero-order valence-electron chi connectivity index (χ0n) is 12.9. The molecule has 22 heavy (non-hydrogen) atoms. The van der Waals surface area contributed by atoms with Gasteiger partial charge in [-0.15, -0.1) is 0 Å². The summed E-state index contributed by atoms with van der Waals surface area (Å²) < 4.78 is 5.79. The maximum Gasteiger partial charge on any atom is 0.265 e. The van der Waals surface area contributed by atoms with Crippen molar-refractivity contribution >= 4 is 11.6 Å². The molecule has 0 bridgehead atoms. The van der Waals surface area contributed by atoms with Gasteiger partial charge in [0.05, 0.1) is 11.3 Å². The molecule has 0 heterocycles. The first-order valence-electron chi connectivity index (χ1n) is 7.05. The van der Waals surface area contributed by atoms with Crippen LogP contribution in [0.5, 0.6) is 5.75 Å². The quantitative estimate of drug-likeness (QED) is 0.937. The van der Waals surface area contributed by atoms with Gasteiger partial charge in [0.2, 0.25) is 0 Å². The maximum absolute atomic E-state index is 12.3. The van der Waals surface area contributed by atoms with Crippen LogP contribution in [0.1, 0.15) is 23.6 Å². The molecule has 0 saturated heterocycles. The highest BCUT2D eigenvalue weighted by Gasteiger charge is 2.17. The number of para-hydroxylation sites is 2. The van der Waals surface area contributed by atoms with Crippen LogP contribution < -0.4 is 10.1 Å². The van der Waals surface area contributed by atoms with E-state index in [2.05, 4.69) is 11.4 Å². The molecule has 0 spiro atoms. The molecule has 0 radical (unpaired) electrons. The SMILES string of the molecule is Cc1cccc(C)c1O[C@H](C)C(=O)Nc1ccccc1C#N. The predicted octanol–water partition coefficient (Wildman–Crippen LogP) is 3.58. The number of ether oxygens (including phenoxy) is 1. The highest BCUT2D eigenvalue weighted by atomic mass is 16.5. The summed E-state index contributed by atoms with van der Waals surface area (Å²) in [7, 11) is 0. The number of hydrogen-bond acceptors (Lipinski definition) is 3. The predicted molar refractivity (Wildman–Crippen MR) is 85.8 cm³/mol. The maximum atomic E-state index is 12.3. The van der Waals surface area contributed by atoms with Crippen molar-refractivity contribution in [1.82, 2.24) is 0 Å². The van der Waals surface area contributed by atoms with Crippen molar-refractivity contribution in [2.75, 3.05) is 5.32 Å². The third-order valence-corrected chi connectivity index (χ3v) is 3.38. The third kappa shape index (κ3) is 3.44. The van der Waals surface area contributed by atoms with Crippen molar-refractivity contribution in [3.05, 3.63) is 59.2 Å². The molecule has 0 saturated carbocycles. The van der Waals surface area contributed by atoms with Gasteiger partial charge in [0.25, 0.3) is 5.91 Å². The molecule has 1 atom stereocenters. The van der Waals surface area contributed by atoms with Crippen molar-refractivity contribution in [1.29, 1.82) is 5.26 Å². The third-order valence-electron chi connectivity index (χ3n) is 3.38. The molecule has 0 fully saturated rings. The van der Waals surface area contributed by atoms with E-state index in [9.17, 15) is 4.79 Å². The van der Waals surface area contributed by atoms with E-state index in [1.54, 1.807) is 31.2 Å². The molecule has 112 valence electrons. The Labute approximate surface area is 130 Å². The summed E-state index contributed by atoms with van der Waals surface area (Å²) in [5.41, 5.74) is 2.89. The zero-order chi connectivity index (χ0) is 16.1. The average Bonchev–Trinajstić information content (AvgIpc) is 2.51. The molecular formula is C18H18N2O2. The van der Waals surface area contributed by atoms with Crippen molar-refractivity contribution in [3.63, 3.8) is 0 Å². The largest absolute Gasteiger partial charge is 0.480 e. The fourth-order valence-corrected chi connectivity index (χ4v) is 2.14. The highest BCUT2D eigenvalue weighted by Crippen LogP contribution is 2.24. The summed E-state index contributed by atoms with van der Waals surface area (Å²) in [6.07, 6.45) is -0.661. The van der Waals surface area contributed by atoms with Gasteiger partial charge in [-0.3, -0.25) is 4.79 Å². The van der Waals surface area contributed by atoms with Gasteiger partial charge in [0.15, 0.2) is 6.10 Å². The summed E-state index contributed by atoms with van der Waals surface area (Å²) >= 11 is 0. The van der Waals surface area contributed by atoms with Crippen LogP contribution in [0.2, 0.25) is 0 Å². The van der Waals surface area contributed by atoms with Crippen LogP contribution >= 0.6 is 0 Å². The number of benzene rings is 2. The minimum absolute atomic E-state index is 0.287. The van der Waals surface area contributed by atoms with Crippen LogP contribution in [0.3, 0.4) is 0 Å². The molecule has 1 N–H and O–H groups in total. The summed E-state index contributed by atoms with van der Waals surface area (Å²) in [4.78, 5) is 12.3. The van der Waals surface area contributed by atoms with Crippen LogP contribution in [-0.2, 0) is 4.79 Å². The number of rotatable bonds is 4. The Morgan fingerprint density at radius 3 is 2.41 bits per heavy atom. The first kappa shape index (κ1) is 15.6. The number of nitriles is 1. The monoisotopic (exact) mass is 294 g/mol. The fraction of sp³-hybridized carbons (Fsp3) is 0.222. The van der Waals surface area contributed by atoms with E-state index in [4.69, 9.17) is 10.00 Å². The molecule has 0 aliphatic rings. The van der Waals surface area contributed by atoms with E-state index >= 15 is 0 Å². The summed E-state index contributed by atoms with van der Waals surface area (Å²) in [6.45, 7) is 5.58. The van der Waals surface area contributed by atoms with Gasteiger partial charge in [-0.1, -0.05) is 30.3 Å². The van der Waals surface area contributed by atoms with Crippen LogP contribution in [0.25, 0.3) is 0 Å². The summed E-state index contributed by atoms with van der Waals surface area (Å²) in [6, 6.07) is 14.8. The Hall–Kier alpha value is -2.80. The Balaban J connectivity index is 2.12. The number of carbonyl (C=O) groups is 1. The molecule has 0 unspecified atom stereocenters. The molecule has 0 aliphatic heterocycles. The molecule has 4 heteroatoms. The van der Waals surface area contributed by atoms with Gasteiger partial charge in [0, 0.05) is 0 Å². The molecule has 1 amide bonds. The number of anilines is 1. The van der Waals surface area contributed by atoms with E-state index < -0.39 is 6.10 Å². The lowest BCUT2D eigenvalue weighted by atomic mass is 10.1. The smallest absolute Gasteiger partial charge is 0.265 e. The zero-order valence-corrected chi connectivity index (χ0v) is 12.9. The number of aryl methyl sites for hydroxylation is 2. The van der Waals surface area contributed by atoms with Crippen LogP contribution in [0, 0.1) is 25.2 Å². The molecule has 2 aromatic carbocycles. The minimum atomic E-state index is -0.661. The van der Waals surface area contributed by atoms with Crippen molar-refractivity contribution < 1.29 is 9.53 Å². The second-order valence-electron chi connectivity index (χ2n) is 5.13. The second-order valence-corrected chi connectivity index (χ2v) is 5.13. The second kappa shape index (κ2) is 6.77. The lowest BCUT2D eigenvalue weighted by Gasteiger charge is -2.18. The first-order chi connectivity index (χ1) is 10.5. The minimum Gasteiger partial charge on any atom is -0.480 e. The molecule has 0 aromatic heterocycles. The Morgan fingerprint density at radius 1 is 1.14 bits per heavy atom. The fourth-order valence-electron chi connectivity index (χ4n) is 2.14. The molecule has 0 aliphatic carbocycles. The number of nitrogens with one attached hydrogen (secondary N) is 1.